The zero-order valence-electron chi connectivity index (χ0n) is 16.2. The average Bonchev–Trinajstić information content (AvgIpc) is 2.60. The largest absolute Gasteiger partial charge is 0.339 e. The van der Waals surface area contributed by atoms with Crippen molar-refractivity contribution in [2.45, 2.75) is 39.0 Å². The van der Waals surface area contributed by atoms with Gasteiger partial charge >= 0.3 is 0 Å². The molecule has 1 aromatic rings. The van der Waals surface area contributed by atoms with Gasteiger partial charge in [0.15, 0.2) is 0 Å². The van der Waals surface area contributed by atoms with Crippen LogP contribution in [-0.2, 0) is 14.8 Å². The van der Waals surface area contributed by atoms with E-state index in [1.807, 2.05) is 19.9 Å². The molecule has 0 bridgehead atoms. The molecule has 1 aliphatic rings. The average molecular weight is 399 g/mol. The summed E-state index contributed by atoms with van der Waals surface area (Å²) in [7, 11) is -3.49. The van der Waals surface area contributed by atoms with Gasteiger partial charge in [0.2, 0.25) is 15.9 Å². The van der Waals surface area contributed by atoms with Crippen LogP contribution >= 0.6 is 11.8 Å². The first-order valence-corrected chi connectivity index (χ1v) is 11.7. The number of hydrogen-bond donors (Lipinski definition) is 0. The monoisotopic (exact) mass is 398 g/mol. The van der Waals surface area contributed by atoms with Gasteiger partial charge in [-0.3, -0.25) is 4.79 Å². The van der Waals surface area contributed by atoms with Crippen LogP contribution in [0.5, 0.6) is 0 Å². The van der Waals surface area contributed by atoms with Gasteiger partial charge < -0.3 is 4.90 Å². The van der Waals surface area contributed by atoms with Crippen molar-refractivity contribution in [1.82, 2.24) is 9.21 Å². The molecule has 1 saturated heterocycles. The molecule has 2 rings (SSSR count). The summed E-state index contributed by atoms with van der Waals surface area (Å²) < 4.78 is 27.1. The Morgan fingerprint density at radius 2 is 1.77 bits per heavy atom. The minimum absolute atomic E-state index is 0.113. The van der Waals surface area contributed by atoms with Crippen molar-refractivity contribution in [1.29, 1.82) is 0 Å². The van der Waals surface area contributed by atoms with Crippen LogP contribution in [0, 0.1) is 19.8 Å². The second kappa shape index (κ2) is 9.24. The first-order chi connectivity index (χ1) is 12.2. The summed E-state index contributed by atoms with van der Waals surface area (Å²) in [6.45, 7) is 9.89. The SMILES string of the molecule is Cc1ccc(S(=O)(=O)N2CCN(C(=O)CSCCC(C)C)CC2)cc1C. The van der Waals surface area contributed by atoms with E-state index in [4.69, 9.17) is 0 Å². The number of carbonyl (C=O) groups is 1. The Hall–Kier alpha value is -1.05. The predicted molar refractivity (Wildman–Crippen MR) is 108 cm³/mol. The molecule has 0 aliphatic carbocycles. The van der Waals surface area contributed by atoms with Crippen LogP contribution in [0.15, 0.2) is 23.1 Å². The maximum atomic E-state index is 12.8. The van der Waals surface area contributed by atoms with Gasteiger partial charge in [-0.15, -0.1) is 0 Å². The summed E-state index contributed by atoms with van der Waals surface area (Å²) in [5.74, 6) is 2.24. The number of hydrogen-bond acceptors (Lipinski definition) is 4. The normalized spacial score (nSPS) is 16.3. The van der Waals surface area contributed by atoms with Crippen LogP contribution in [0.25, 0.3) is 0 Å². The summed E-state index contributed by atoms with van der Waals surface area (Å²) in [6, 6.07) is 5.24. The number of piperazine rings is 1. The molecule has 26 heavy (non-hydrogen) atoms. The molecule has 0 saturated carbocycles. The van der Waals surface area contributed by atoms with E-state index in [1.54, 1.807) is 28.8 Å². The van der Waals surface area contributed by atoms with Gasteiger partial charge in [0, 0.05) is 26.2 Å². The van der Waals surface area contributed by atoms with E-state index in [0.29, 0.717) is 42.7 Å². The van der Waals surface area contributed by atoms with E-state index in [9.17, 15) is 13.2 Å². The number of thioether (sulfide) groups is 1. The van der Waals surface area contributed by atoms with Gasteiger partial charge in [-0.2, -0.15) is 16.1 Å². The third-order valence-corrected chi connectivity index (χ3v) is 7.64. The molecule has 0 N–H and O–H groups in total. The highest BCUT2D eigenvalue weighted by Crippen LogP contribution is 2.21. The van der Waals surface area contributed by atoms with Crippen LogP contribution < -0.4 is 0 Å². The Labute approximate surface area is 162 Å². The lowest BCUT2D eigenvalue weighted by Gasteiger charge is -2.34. The first kappa shape index (κ1) is 21.3. The highest BCUT2D eigenvalue weighted by Gasteiger charge is 2.30. The van der Waals surface area contributed by atoms with Crippen LogP contribution in [0.1, 0.15) is 31.4 Å². The molecule has 1 amide bonds. The van der Waals surface area contributed by atoms with Gasteiger partial charge in [-0.1, -0.05) is 19.9 Å². The highest BCUT2D eigenvalue weighted by atomic mass is 32.2. The van der Waals surface area contributed by atoms with Crippen LogP contribution in [-0.4, -0.2) is 61.2 Å². The Morgan fingerprint density at radius 1 is 1.12 bits per heavy atom. The van der Waals surface area contributed by atoms with Gasteiger partial charge in [0.1, 0.15) is 0 Å². The predicted octanol–water partition coefficient (Wildman–Crippen LogP) is 2.92. The number of aryl methyl sites for hydroxylation is 2. The number of rotatable bonds is 7. The van der Waals surface area contributed by atoms with E-state index in [-0.39, 0.29) is 5.91 Å². The van der Waals surface area contributed by atoms with Crippen LogP contribution in [0.3, 0.4) is 0 Å². The number of carbonyl (C=O) groups excluding carboxylic acids is 1. The van der Waals surface area contributed by atoms with Gasteiger partial charge in [-0.05, 0) is 55.2 Å². The smallest absolute Gasteiger partial charge is 0.243 e. The molecule has 7 heteroatoms. The van der Waals surface area contributed by atoms with Crippen molar-refractivity contribution < 1.29 is 13.2 Å². The summed E-state index contributed by atoms with van der Waals surface area (Å²) in [4.78, 5) is 14.4. The summed E-state index contributed by atoms with van der Waals surface area (Å²) in [6.07, 6.45) is 1.11. The Kier molecular flexibility index (Phi) is 7.55. The summed E-state index contributed by atoms with van der Waals surface area (Å²) in [5.41, 5.74) is 2.05. The van der Waals surface area contributed by atoms with Gasteiger partial charge in [0.25, 0.3) is 0 Å². The minimum atomic E-state index is -3.49. The van der Waals surface area contributed by atoms with E-state index >= 15 is 0 Å². The van der Waals surface area contributed by atoms with E-state index in [2.05, 4.69) is 13.8 Å². The molecule has 1 fully saturated rings. The third-order valence-electron chi connectivity index (χ3n) is 4.77. The van der Waals surface area contributed by atoms with Crippen LogP contribution in [0.2, 0.25) is 0 Å². The highest BCUT2D eigenvalue weighted by molar-refractivity contribution is 7.99. The van der Waals surface area contributed by atoms with Crippen molar-refractivity contribution in [3.63, 3.8) is 0 Å². The molecule has 0 spiro atoms. The molecular weight excluding hydrogens is 368 g/mol. The second-order valence-electron chi connectivity index (χ2n) is 7.27. The third kappa shape index (κ3) is 5.47. The molecular formula is C19H30N2O3S2. The fourth-order valence-corrected chi connectivity index (χ4v) is 5.42. The molecule has 146 valence electrons. The lowest BCUT2D eigenvalue weighted by Crippen LogP contribution is -2.51. The molecule has 1 aromatic carbocycles. The number of amides is 1. The molecule has 0 aromatic heterocycles. The maximum absolute atomic E-state index is 12.8. The van der Waals surface area contributed by atoms with E-state index in [1.165, 1.54) is 4.31 Å². The number of sulfonamides is 1. The van der Waals surface area contributed by atoms with Crippen molar-refractivity contribution in [2.24, 2.45) is 5.92 Å². The Bertz CT molecular complexity index is 724. The zero-order chi connectivity index (χ0) is 19.3. The van der Waals surface area contributed by atoms with Gasteiger partial charge in [-0.25, -0.2) is 8.42 Å². The lowest BCUT2D eigenvalue weighted by atomic mass is 10.1. The van der Waals surface area contributed by atoms with E-state index < -0.39 is 10.0 Å². The van der Waals surface area contributed by atoms with Crippen molar-refractivity contribution in [2.75, 3.05) is 37.7 Å². The molecule has 0 radical (unpaired) electrons. The molecule has 5 nitrogen and oxygen atoms in total. The summed E-state index contributed by atoms with van der Waals surface area (Å²) >= 11 is 1.67. The van der Waals surface area contributed by atoms with E-state index in [0.717, 1.165) is 23.3 Å². The van der Waals surface area contributed by atoms with Crippen molar-refractivity contribution >= 4 is 27.7 Å². The van der Waals surface area contributed by atoms with Crippen molar-refractivity contribution in [3.8, 4) is 0 Å². The number of benzene rings is 1. The maximum Gasteiger partial charge on any atom is 0.243 e. The molecule has 1 heterocycles. The lowest BCUT2D eigenvalue weighted by molar-refractivity contribution is -0.129. The quantitative estimate of drug-likeness (QED) is 0.663. The van der Waals surface area contributed by atoms with Crippen LogP contribution in [0.4, 0.5) is 0 Å². The zero-order valence-corrected chi connectivity index (χ0v) is 17.8. The second-order valence-corrected chi connectivity index (χ2v) is 10.3. The Morgan fingerprint density at radius 3 is 2.35 bits per heavy atom. The topological polar surface area (TPSA) is 57.7 Å². The first-order valence-electron chi connectivity index (χ1n) is 9.14. The van der Waals surface area contributed by atoms with Crippen molar-refractivity contribution in [3.05, 3.63) is 29.3 Å². The fraction of sp³-hybridized carbons (Fsp3) is 0.632. The Balaban J connectivity index is 1.88. The summed E-state index contributed by atoms with van der Waals surface area (Å²) in [5, 5.41) is 0. The molecule has 0 atom stereocenters. The minimum Gasteiger partial charge on any atom is -0.339 e. The number of nitrogens with zero attached hydrogens (tertiary/aromatic N) is 2. The fourth-order valence-electron chi connectivity index (χ4n) is 2.77. The van der Waals surface area contributed by atoms with Gasteiger partial charge in [0.05, 0.1) is 10.6 Å². The molecule has 1 aliphatic heterocycles. The standard InChI is InChI=1S/C19H30N2O3S2/c1-15(2)7-12-25-14-19(22)20-8-10-21(11-9-20)26(23,24)18-6-5-16(3)17(4)13-18/h5-6,13,15H,7-12,14H2,1-4H3. The molecule has 0 unspecified atom stereocenters.